The summed E-state index contributed by atoms with van der Waals surface area (Å²) >= 11 is 0. The van der Waals surface area contributed by atoms with E-state index in [2.05, 4.69) is 20.8 Å². The third-order valence-corrected chi connectivity index (χ3v) is 5.37. The van der Waals surface area contributed by atoms with Gasteiger partial charge in [0.1, 0.15) is 0 Å². The predicted molar refractivity (Wildman–Crippen MR) is 81.7 cm³/mol. The third-order valence-electron chi connectivity index (χ3n) is 5.37. The van der Waals surface area contributed by atoms with E-state index in [0.717, 1.165) is 19.3 Å². The topological polar surface area (TPSA) is 40.5 Å². The van der Waals surface area contributed by atoms with Crippen LogP contribution in [0.2, 0.25) is 0 Å². The summed E-state index contributed by atoms with van der Waals surface area (Å²) in [5.74, 6) is -0.222. The second kappa shape index (κ2) is 6.61. The molecule has 3 nitrogen and oxygen atoms in total. The maximum atomic E-state index is 12.7. The molecule has 0 spiro atoms. The van der Waals surface area contributed by atoms with E-state index in [1.54, 1.807) is 4.90 Å². The highest BCUT2D eigenvalue weighted by molar-refractivity contribution is 5.79. The van der Waals surface area contributed by atoms with Gasteiger partial charge in [-0.2, -0.15) is 13.2 Å². The Morgan fingerprint density at radius 1 is 1.22 bits per heavy atom. The lowest BCUT2D eigenvalue weighted by Crippen LogP contribution is -2.48. The van der Waals surface area contributed by atoms with E-state index in [1.165, 1.54) is 0 Å². The van der Waals surface area contributed by atoms with Gasteiger partial charge in [0.05, 0.1) is 0 Å². The molecule has 3 atom stereocenters. The molecule has 2 fully saturated rings. The third kappa shape index (κ3) is 4.61. The number of carbonyl (C=O) groups is 1. The van der Waals surface area contributed by atoms with Crippen molar-refractivity contribution in [2.75, 3.05) is 13.1 Å². The second-order valence-corrected chi connectivity index (χ2v) is 8.26. The molecule has 1 N–H and O–H groups in total. The Morgan fingerprint density at radius 2 is 1.78 bits per heavy atom. The highest BCUT2D eigenvalue weighted by Crippen LogP contribution is 2.42. The van der Waals surface area contributed by atoms with Crippen LogP contribution in [-0.2, 0) is 4.79 Å². The molecule has 1 saturated heterocycles. The summed E-state index contributed by atoms with van der Waals surface area (Å²) in [5.41, 5.74) is 0.142. The molecule has 0 bridgehead atoms. The molecule has 0 aromatic heterocycles. The number of carbonyl (C=O) groups excluding carboxylic acids is 1. The number of likely N-dealkylation sites (tertiary alicyclic amines) is 1. The van der Waals surface area contributed by atoms with Gasteiger partial charge in [-0.25, -0.2) is 0 Å². The van der Waals surface area contributed by atoms with Crippen LogP contribution in [0, 0.1) is 23.2 Å². The van der Waals surface area contributed by atoms with Crippen molar-refractivity contribution < 1.29 is 23.1 Å². The number of nitrogens with zero attached hydrogens (tertiary/aromatic N) is 1. The lowest BCUT2D eigenvalue weighted by Gasteiger charge is -2.42. The van der Waals surface area contributed by atoms with Crippen LogP contribution >= 0.6 is 0 Å². The van der Waals surface area contributed by atoms with Crippen LogP contribution in [-0.4, -0.2) is 41.3 Å². The molecular formula is C17H28F3NO2. The maximum Gasteiger partial charge on any atom is 0.414 e. The summed E-state index contributed by atoms with van der Waals surface area (Å²) in [5, 5.41) is 9.36. The molecule has 1 amide bonds. The molecule has 1 aliphatic carbocycles. The minimum absolute atomic E-state index is 0.0159. The first kappa shape index (κ1) is 18.6. The van der Waals surface area contributed by atoms with Crippen molar-refractivity contribution in [3.8, 4) is 0 Å². The van der Waals surface area contributed by atoms with Gasteiger partial charge in [-0.15, -0.1) is 0 Å². The normalized spacial score (nSPS) is 31.0. The molecule has 6 heteroatoms. The number of halogens is 3. The number of rotatable bonds is 2. The summed E-state index contributed by atoms with van der Waals surface area (Å²) < 4.78 is 37.7. The monoisotopic (exact) mass is 335 g/mol. The summed E-state index contributed by atoms with van der Waals surface area (Å²) in [6.07, 6.45) is -3.57. The van der Waals surface area contributed by atoms with Crippen molar-refractivity contribution in [1.82, 2.24) is 4.90 Å². The van der Waals surface area contributed by atoms with Crippen molar-refractivity contribution >= 4 is 5.91 Å². The summed E-state index contributed by atoms with van der Waals surface area (Å²) in [6, 6.07) is 0. The Kier molecular flexibility index (Phi) is 5.34. The minimum Gasteiger partial charge on any atom is -0.383 e. The number of aliphatic hydroxyl groups is 1. The fourth-order valence-electron chi connectivity index (χ4n) is 4.50. The largest absolute Gasteiger partial charge is 0.414 e. The van der Waals surface area contributed by atoms with Crippen LogP contribution in [0.25, 0.3) is 0 Å². The van der Waals surface area contributed by atoms with Crippen LogP contribution in [0.1, 0.15) is 52.9 Å². The second-order valence-electron chi connectivity index (χ2n) is 8.26. The molecule has 1 heterocycles. The molecule has 0 radical (unpaired) electrons. The van der Waals surface area contributed by atoms with Gasteiger partial charge in [-0.1, -0.05) is 20.8 Å². The van der Waals surface area contributed by atoms with Crippen LogP contribution in [0.5, 0.6) is 0 Å². The van der Waals surface area contributed by atoms with Gasteiger partial charge in [-0.05, 0) is 49.4 Å². The zero-order chi connectivity index (χ0) is 17.4. The molecule has 3 unspecified atom stereocenters. The molecule has 1 saturated carbocycles. The van der Waals surface area contributed by atoms with E-state index in [-0.39, 0.29) is 30.1 Å². The molecule has 2 rings (SSSR count). The lowest BCUT2D eigenvalue weighted by atomic mass is 9.67. The van der Waals surface area contributed by atoms with Gasteiger partial charge in [0.15, 0.2) is 6.10 Å². The van der Waals surface area contributed by atoms with Crippen molar-refractivity contribution in [3.63, 3.8) is 0 Å². The number of hydrogen-bond donors (Lipinski definition) is 1. The SMILES string of the molecule is CC1CC(C(=O)N2CCC(C(O)C(F)(F)F)CC2)CC(C)(C)C1. The van der Waals surface area contributed by atoms with E-state index in [9.17, 15) is 23.1 Å². The Labute approximate surface area is 136 Å². The van der Waals surface area contributed by atoms with Crippen LogP contribution in [0.4, 0.5) is 13.2 Å². The predicted octanol–water partition coefficient (Wildman–Crippen LogP) is 3.61. The number of piperidine rings is 1. The quantitative estimate of drug-likeness (QED) is 0.837. The zero-order valence-electron chi connectivity index (χ0n) is 14.2. The van der Waals surface area contributed by atoms with Gasteiger partial charge in [-0.3, -0.25) is 4.79 Å². The fourth-order valence-corrected chi connectivity index (χ4v) is 4.50. The molecule has 2 aliphatic rings. The highest BCUT2D eigenvalue weighted by Gasteiger charge is 2.45. The van der Waals surface area contributed by atoms with Crippen molar-refractivity contribution in [1.29, 1.82) is 0 Å². The van der Waals surface area contributed by atoms with Crippen LogP contribution < -0.4 is 0 Å². The first-order chi connectivity index (χ1) is 10.5. The van der Waals surface area contributed by atoms with E-state index in [4.69, 9.17) is 0 Å². The summed E-state index contributed by atoms with van der Waals surface area (Å²) in [7, 11) is 0. The van der Waals surface area contributed by atoms with Gasteiger partial charge in [0.25, 0.3) is 0 Å². The number of hydrogen-bond acceptors (Lipinski definition) is 2. The Morgan fingerprint density at radius 3 is 2.26 bits per heavy atom. The Balaban J connectivity index is 1.91. The van der Waals surface area contributed by atoms with E-state index < -0.39 is 18.2 Å². The summed E-state index contributed by atoms with van der Waals surface area (Å²) in [4.78, 5) is 14.4. The zero-order valence-corrected chi connectivity index (χ0v) is 14.2. The van der Waals surface area contributed by atoms with Crippen molar-refractivity contribution in [2.45, 2.75) is 65.2 Å². The van der Waals surface area contributed by atoms with Gasteiger partial charge < -0.3 is 10.0 Å². The van der Waals surface area contributed by atoms with E-state index in [0.29, 0.717) is 19.0 Å². The lowest BCUT2D eigenvalue weighted by molar-refractivity contribution is -0.223. The van der Waals surface area contributed by atoms with E-state index >= 15 is 0 Å². The molecule has 0 aromatic carbocycles. The standard InChI is InChI=1S/C17H28F3NO2/c1-11-8-13(10-16(2,3)9-11)15(23)21-6-4-12(5-7-21)14(22)17(18,19)20/h11-14,22H,4-10H2,1-3H3. The van der Waals surface area contributed by atoms with Crippen molar-refractivity contribution in [2.24, 2.45) is 23.2 Å². The Bertz CT molecular complexity index is 428. The summed E-state index contributed by atoms with van der Waals surface area (Å²) in [6.45, 7) is 7.15. The average molecular weight is 335 g/mol. The smallest absolute Gasteiger partial charge is 0.383 e. The van der Waals surface area contributed by atoms with Gasteiger partial charge in [0.2, 0.25) is 5.91 Å². The number of amides is 1. The minimum atomic E-state index is -4.57. The maximum absolute atomic E-state index is 12.7. The highest BCUT2D eigenvalue weighted by atomic mass is 19.4. The average Bonchev–Trinajstić information content (AvgIpc) is 2.42. The fraction of sp³-hybridized carbons (Fsp3) is 0.941. The molecule has 134 valence electrons. The molecule has 23 heavy (non-hydrogen) atoms. The van der Waals surface area contributed by atoms with Gasteiger partial charge >= 0.3 is 6.18 Å². The molecule has 0 aromatic rings. The van der Waals surface area contributed by atoms with Crippen LogP contribution in [0.15, 0.2) is 0 Å². The Hall–Kier alpha value is -0.780. The van der Waals surface area contributed by atoms with Crippen molar-refractivity contribution in [3.05, 3.63) is 0 Å². The first-order valence-electron chi connectivity index (χ1n) is 8.53. The number of alkyl halides is 3. The molecular weight excluding hydrogens is 307 g/mol. The number of aliphatic hydroxyl groups excluding tert-OH is 1. The molecule has 1 aliphatic heterocycles. The first-order valence-corrected chi connectivity index (χ1v) is 8.53. The van der Waals surface area contributed by atoms with Gasteiger partial charge in [0, 0.05) is 19.0 Å². The van der Waals surface area contributed by atoms with Crippen LogP contribution in [0.3, 0.4) is 0 Å². The van der Waals surface area contributed by atoms with E-state index in [1.807, 2.05) is 0 Å².